The van der Waals surface area contributed by atoms with Crippen molar-refractivity contribution >= 4 is 17.5 Å². The predicted molar refractivity (Wildman–Crippen MR) is 97.5 cm³/mol. The molecule has 1 amide bonds. The number of carbonyl (C=O) groups is 1. The monoisotopic (exact) mass is 390 g/mol. The van der Waals surface area contributed by atoms with Crippen molar-refractivity contribution in [2.45, 2.75) is 25.5 Å². The molecule has 2 aliphatic rings. The largest absolute Gasteiger partial charge is 0.473 e. The van der Waals surface area contributed by atoms with Gasteiger partial charge in [-0.15, -0.1) is 0 Å². The van der Waals surface area contributed by atoms with Crippen LogP contribution in [0.25, 0.3) is 0 Å². The van der Waals surface area contributed by atoms with E-state index in [2.05, 4.69) is 10.3 Å². The van der Waals surface area contributed by atoms with E-state index in [0.29, 0.717) is 47.7 Å². The summed E-state index contributed by atoms with van der Waals surface area (Å²) in [4.78, 5) is 16.6. The summed E-state index contributed by atoms with van der Waals surface area (Å²) in [6.07, 6.45) is 3.11. The normalized spacial score (nSPS) is 16.2. The maximum atomic E-state index is 12.4. The van der Waals surface area contributed by atoms with Gasteiger partial charge < -0.3 is 24.3 Å². The quantitative estimate of drug-likeness (QED) is 0.845. The number of carbonyl (C=O) groups excluding carboxylic acids is 1. The Morgan fingerprint density at radius 3 is 2.85 bits per heavy atom. The third-order valence-electron chi connectivity index (χ3n) is 4.41. The Morgan fingerprint density at radius 1 is 1.22 bits per heavy atom. The Hall–Kier alpha value is -2.51. The van der Waals surface area contributed by atoms with Gasteiger partial charge in [-0.2, -0.15) is 0 Å². The Labute approximate surface area is 161 Å². The van der Waals surface area contributed by atoms with E-state index in [4.69, 9.17) is 30.5 Å². The molecule has 1 fully saturated rings. The zero-order valence-electron chi connectivity index (χ0n) is 14.6. The van der Waals surface area contributed by atoms with Gasteiger partial charge >= 0.3 is 0 Å². The summed E-state index contributed by atoms with van der Waals surface area (Å²) >= 11 is 6.24. The van der Waals surface area contributed by atoms with Gasteiger partial charge in [0.1, 0.15) is 11.1 Å². The molecule has 2 aromatic rings. The first-order chi connectivity index (χ1) is 13.2. The molecule has 27 heavy (non-hydrogen) atoms. The molecule has 0 radical (unpaired) electrons. The van der Waals surface area contributed by atoms with E-state index < -0.39 is 0 Å². The number of pyridine rings is 1. The van der Waals surface area contributed by atoms with Crippen LogP contribution in [0.15, 0.2) is 30.5 Å². The first-order valence-corrected chi connectivity index (χ1v) is 9.13. The fourth-order valence-electron chi connectivity index (χ4n) is 2.92. The minimum atomic E-state index is -0.264. The highest BCUT2D eigenvalue weighted by molar-refractivity contribution is 6.32. The molecule has 1 saturated heterocycles. The van der Waals surface area contributed by atoms with Crippen LogP contribution in [0.4, 0.5) is 0 Å². The highest BCUT2D eigenvalue weighted by Crippen LogP contribution is 2.32. The third-order valence-corrected chi connectivity index (χ3v) is 4.68. The number of aromatic nitrogens is 1. The van der Waals surface area contributed by atoms with Gasteiger partial charge in [-0.3, -0.25) is 4.79 Å². The summed E-state index contributed by atoms with van der Waals surface area (Å²) in [6, 6.07) is 7.12. The summed E-state index contributed by atoms with van der Waals surface area (Å²) in [6.45, 7) is 1.91. The second-order valence-corrected chi connectivity index (χ2v) is 6.72. The topological polar surface area (TPSA) is 78.9 Å². The van der Waals surface area contributed by atoms with Gasteiger partial charge in [-0.05, 0) is 23.8 Å². The molecule has 0 unspecified atom stereocenters. The molecule has 7 nitrogen and oxygen atoms in total. The van der Waals surface area contributed by atoms with Gasteiger partial charge in [0.05, 0.1) is 18.8 Å². The van der Waals surface area contributed by atoms with E-state index in [-0.39, 0.29) is 18.8 Å². The fourth-order valence-corrected chi connectivity index (χ4v) is 3.13. The predicted octanol–water partition coefficient (Wildman–Crippen LogP) is 2.95. The summed E-state index contributed by atoms with van der Waals surface area (Å²) in [5, 5.41) is 3.16. The van der Waals surface area contributed by atoms with Crippen molar-refractivity contribution in [1.82, 2.24) is 10.3 Å². The number of nitrogens with one attached hydrogen (secondary N) is 1. The van der Waals surface area contributed by atoms with Gasteiger partial charge in [0.2, 0.25) is 12.7 Å². The van der Waals surface area contributed by atoms with Crippen LogP contribution in [0.2, 0.25) is 5.02 Å². The van der Waals surface area contributed by atoms with Crippen molar-refractivity contribution in [3.63, 3.8) is 0 Å². The highest BCUT2D eigenvalue weighted by Gasteiger charge is 2.19. The van der Waals surface area contributed by atoms with E-state index in [1.807, 2.05) is 18.2 Å². The van der Waals surface area contributed by atoms with E-state index in [0.717, 1.165) is 18.4 Å². The van der Waals surface area contributed by atoms with Crippen LogP contribution in [0, 0.1) is 0 Å². The summed E-state index contributed by atoms with van der Waals surface area (Å²) in [5.74, 6) is 1.47. The van der Waals surface area contributed by atoms with Gasteiger partial charge in [0, 0.05) is 25.6 Å². The second-order valence-electron chi connectivity index (χ2n) is 6.31. The smallest absolute Gasteiger partial charge is 0.253 e. The second kappa shape index (κ2) is 8.02. The maximum Gasteiger partial charge on any atom is 0.253 e. The van der Waals surface area contributed by atoms with Crippen molar-refractivity contribution in [2.75, 3.05) is 20.0 Å². The van der Waals surface area contributed by atoms with Crippen molar-refractivity contribution < 1.29 is 23.7 Å². The van der Waals surface area contributed by atoms with Crippen molar-refractivity contribution in [1.29, 1.82) is 0 Å². The minimum absolute atomic E-state index is 0.0365. The minimum Gasteiger partial charge on any atom is -0.473 e. The average molecular weight is 391 g/mol. The number of ether oxygens (including phenoxy) is 4. The third kappa shape index (κ3) is 4.26. The lowest BCUT2D eigenvalue weighted by atomic mass is 10.1. The van der Waals surface area contributed by atoms with Gasteiger partial charge in [0.15, 0.2) is 11.5 Å². The number of nitrogens with zero attached hydrogens (tertiary/aromatic N) is 1. The molecule has 2 aliphatic heterocycles. The Morgan fingerprint density at radius 2 is 2.04 bits per heavy atom. The molecule has 0 spiro atoms. The van der Waals surface area contributed by atoms with E-state index in [9.17, 15) is 4.79 Å². The van der Waals surface area contributed by atoms with Crippen LogP contribution >= 0.6 is 11.6 Å². The van der Waals surface area contributed by atoms with Crippen LogP contribution in [0.1, 0.15) is 28.8 Å². The molecule has 142 valence electrons. The Bertz CT molecular complexity index is 839. The molecule has 1 N–H and O–H groups in total. The lowest BCUT2D eigenvalue weighted by Crippen LogP contribution is -2.26. The summed E-state index contributed by atoms with van der Waals surface area (Å²) < 4.78 is 21.7. The fraction of sp³-hybridized carbons (Fsp3) is 0.368. The Kier molecular flexibility index (Phi) is 5.31. The van der Waals surface area contributed by atoms with Crippen molar-refractivity contribution in [2.24, 2.45) is 0 Å². The molecule has 0 bridgehead atoms. The van der Waals surface area contributed by atoms with Gasteiger partial charge in [-0.25, -0.2) is 4.98 Å². The number of rotatable bonds is 5. The lowest BCUT2D eigenvalue weighted by molar-refractivity contribution is 0.0238. The van der Waals surface area contributed by atoms with Crippen LogP contribution in [0.3, 0.4) is 0 Å². The van der Waals surface area contributed by atoms with E-state index in [1.165, 1.54) is 6.20 Å². The molecule has 3 heterocycles. The molecule has 8 heteroatoms. The first kappa shape index (κ1) is 17.9. The van der Waals surface area contributed by atoms with Crippen LogP contribution in [-0.2, 0) is 11.3 Å². The molecule has 0 atom stereocenters. The number of hydrogen-bond donors (Lipinski definition) is 1. The maximum absolute atomic E-state index is 12.4. The molecule has 1 aromatic heterocycles. The van der Waals surface area contributed by atoms with Crippen LogP contribution in [-0.4, -0.2) is 37.0 Å². The summed E-state index contributed by atoms with van der Waals surface area (Å²) in [7, 11) is 0. The highest BCUT2D eigenvalue weighted by atomic mass is 35.5. The van der Waals surface area contributed by atoms with Crippen LogP contribution in [0.5, 0.6) is 17.4 Å². The number of hydrogen-bond acceptors (Lipinski definition) is 6. The van der Waals surface area contributed by atoms with Gasteiger partial charge in [0.25, 0.3) is 5.91 Å². The molecular formula is C19H19ClN2O5. The Balaban J connectivity index is 1.36. The number of halogens is 1. The molecule has 1 aromatic carbocycles. The standard InChI is InChI=1S/C19H19ClN2O5/c20-15-8-13(10-22-19(15)27-14-3-5-24-6-4-14)18(23)21-9-12-1-2-16-17(7-12)26-11-25-16/h1-2,7-8,10,14H,3-6,9,11H2,(H,21,23). The first-order valence-electron chi connectivity index (χ1n) is 8.76. The summed E-state index contributed by atoms with van der Waals surface area (Å²) in [5.41, 5.74) is 1.28. The molecule has 0 saturated carbocycles. The average Bonchev–Trinajstić information content (AvgIpc) is 3.16. The van der Waals surface area contributed by atoms with Gasteiger partial charge in [-0.1, -0.05) is 17.7 Å². The molecular weight excluding hydrogens is 372 g/mol. The SMILES string of the molecule is O=C(NCc1ccc2c(c1)OCO2)c1cnc(OC2CCOCC2)c(Cl)c1. The lowest BCUT2D eigenvalue weighted by Gasteiger charge is -2.23. The molecule has 0 aliphatic carbocycles. The number of benzene rings is 1. The van der Waals surface area contributed by atoms with E-state index >= 15 is 0 Å². The van der Waals surface area contributed by atoms with E-state index in [1.54, 1.807) is 6.07 Å². The van der Waals surface area contributed by atoms with Crippen LogP contribution < -0.4 is 19.5 Å². The molecule has 4 rings (SSSR count). The number of fused-ring (bicyclic) bond motifs is 1. The zero-order chi connectivity index (χ0) is 18.6. The van der Waals surface area contributed by atoms with Crippen molar-refractivity contribution in [3.05, 3.63) is 46.6 Å². The zero-order valence-corrected chi connectivity index (χ0v) is 15.3. The van der Waals surface area contributed by atoms with Crippen molar-refractivity contribution in [3.8, 4) is 17.4 Å². The number of amides is 1.